The Morgan fingerprint density at radius 2 is 2.23 bits per heavy atom. The van der Waals surface area contributed by atoms with Gasteiger partial charge in [-0.15, -0.1) is 0 Å². The molecular formula is C13H20. The minimum atomic E-state index is 0.495. The molecule has 0 aromatic rings. The molecule has 0 aromatic carbocycles. The van der Waals surface area contributed by atoms with Gasteiger partial charge in [-0.05, 0) is 49.9 Å². The normalized spacial score (nSPS) is 39.8. The third kappa shape index (κ3) is 1.47. The molecule has 0 aliphatic heterocycles. The van der Waals surface area contributed by atoms with Crippen molar-refractivity contribution in [3.05, 3.63) is 24.3 Å². The Morgan fingerprint density at radius 3 is 2.92 bits per heavy atom. The zero-order chi connectivity index (χ0) is 9.31. The molecule has 0 heteroatoms. The van der Waals surface area contributed by atoms with Gasteiger partial charge >= 0.3 is 0 Å². The fourth-order valence-corrected chi connectivity index (χ4v) is 2.77. The van der Waals surface area contributed by atoms with Crippen LogP contribution in [-0.2, 0) is 0 Å². The topological polar surface area (TPSA) is 0 Å². The molecule has 2 rings (SSSR count). The molecule has 1 saturated carbocycles. The van der Waals surface area contributed by atoms with E-state index in [1.807, 2.05) is 0 Å². The fraction of sp³-hybridized carbons (Fsp3) is 0.692. The van der Waals surface area contributed by atoms with Crippen molar-refractivity contribution in [1.82, 2.24) is 0 Å². The molecule has 0 amide bonds. The second-order valence-electron chi connectivity index (χ2n) is 4.86. The maximum absolute atomic E-state index is 4.26. The van der Waals surface area contributed by atoms with Gasteiger partial charge in [0.25, 0.3) is 0 Å². The Balaban J connectivity index is 2.13. The van der Waals surface area contributed by atoms with E-state index in [1.165, 1.54) is 37.7 Å². The van der Waals surface area contributed by atoms with Gasteiger partial charge < -0.3 is 0 Å². The SMILES string of the molecule is C=C1CC=CCCCC2CCC12C. The average molecular weight is 176 g/mol. The van der Waals surface area contributed by atoms with Crippen molar-refractivity contribution in [2.45, 2.75) is 45.4 Å². The Morgan fingerprint density at radius 1 is 1.38 bits per heavy atom. The summed E-state index contributed by atoms with van der Waals surface area (Å²) in [5, 5.41) is 0. The molecule has 0 bridgehead atoms. The van der Waals surface area contributed by atoms with Gasteiger partial charge in [-0.1, -0.05) is 31.2 Å². The van der Waals surface area contributed by atoms with E-state index >= 15 is 0 Å². The van der Waals surface area contributed by atoms with Gasteiger partial charge in [0.2, 0.25) is 0 Å². The highest BCUT2D eigenvalue weighted by Gasteiger charge is 2.43. The van der Waals surface area contributed by atoms with Gasteiger partial charge in [-0.25, -0.2) is 0 Å². The molecule has 0 N–H and O–H groups in total. The number of hydrogen-bond donors (Lipinski definition) is 0. The molecule has 0 spiro atoms. The predicted molar refractivity (Wildman–Crippen MR) is 57.6 cm³/mol. The third-order valence-corrected chi connectivity index (χ3v) is 4.18. The minimum absolute atomic E-state index is 0.495. The molecule has 0 saturated heterocycles. The van der Waals surface area contributed by atoms with Gasteiger partial charge in [0.05, 0.1) is 0 Å². The molecule has 2 unspecified atom stereocenters. The molecular weight excluding hydrogens is 156 g/mol. The molecule has 13 heavy (non-hydrogen) atoms. The Labute approximate surface area is 81.7 Å². The van der Waals surface area contributed by atoms with Crippen molar-refractivity contribution in [2.24, 2.45) is 11.3 Å². The first kappa shape index (κ1) is 9.05. The van der Waals surface area contributed by atoms with E-state index in [0.29, 0.717) is 5.41 Å². The summed E-state index contributed by atoms with van der Waals surface area (Å²) in [4.78, 5) is 0. The lowest BCUT2D eigenvalue weighted by Gasteiger charge is -2.49. The van der Waals surface area contributed by atoms with Crippen molar-refractivity contribution >= 4 is 0 Å². The summed E-state index contributed by atoms with van der Waals surface area (Å²) in [7, 11) is 0. The van der Waals surface area contributed by atoms with Crippen LogP contribution in [0.4, 0.5) is 0 Å². The van der Waals surface area contributed by atoms with Crippen molar-refractivity contribution in [3.63, 3.8) is 0 Å². The van der Waals surface area contributed by atoms with E-state index in [2.05, 4.69) is 25.7 Å². The first-order valence-electron chi connectivity index (χ1n) is 5.57. The molecule has 0 aromatic heterocycles. The maximum atomic E-state index is 4.26. The molecule has 0 radical (unpaired) electrons. The number of allylic oxidation sites excluding steroid dienone is 3. The van der Waals surface area contributed by atoms with Crippen LogP contribution in [0.5, 0.6) is 0 Å². The summed E-state index contributed by atoms with van der Waals surface area (Å²) >= 11 is 0. The Bertz CT molecular complexity index is 236. The maximum Gasteiger partial charge on any atom is -0.00876 e. The van der Waals surface area contributed by atoms with E-state index in [4.69, 9.17) is 0 Å². The van der Waals surface area contributed by atoms with E-state index in [-0.39, 0.29) is 0 Å². The zero-order valence-electron chi connectivity index (χ0n) is 8.68. The number of hydrogen-bond acceptors (Lipinski definition) is 0. The fourth-order valence-electron chi connectivity index (χ4n) is 2.77. The largest absolute Gasteiger partial charge is 0.0990 e. The van der Waals surface area contributed by atoms with Crippen LogP contribution in [0.1, 0.15) is 45.4 Å². The lowest BCUT2D eigenvalue weighted by atomic mass is 9.56. The monoisotopic (exact) mass is 176 g/mol. The Kier molecular flexibility index (Phi) is 2.31. The van der Waals surface area contributed by atoms with Crippen LogP contribution < -0.4 is 0 Å². The zero-order valence-corrected chi connectivity index (χ0v) is 8.68. The minimum Gasteiger partial charge on any atom is -0.0990 e. The van der Waals surface area contributed by atoms with E-state index < -0.39 is 0 Å². The predicted octanol–water partition coefficient (Wildman–Crippen LogP) is 4.09. The third-order valence-electron chi connectivity index (χ3n) is 4.18. The van der Waals surface area contributed by atoms with Crippen LogP contribution in [0.2, 0.25) is 0 Å². The van der Waals surface area contributed by atoms with Crippen LogP contribution in [-0.4, -0.2) is 0 Å². The molecule has 0 nitrogen and oxygen atoms in total. The van der Waals surface area contributed by atoms with E-state index in [0.717, 1.165) is 12.3 Å². The number of fused-ring (bicyclic) bond motifs is 1. The van der Waals surface area contributed by atoms with Gasteiger partial charge in [0.1, 0.15) is 0 Å². The smallest absolute Gasteiger partial charge is 0.00876 e. The molecule has 2 aliphatic rings. The van der Waals surface area contributed by atoms with Gasteiger partial charge in [0.15, 0.2) is 0 Å². The summed E-state index contributed by atoms with van der Waals surface area (Å²) in [5.74, 6) is 0.944. The quantitative estimate of drug-likeness (QED) is 0.488. The van der Waals surface area contributed by atoms with Crippen LogP contribution in [0.3, 0.4) is 0 Å². The van der Waals surface area contributed by atoms with Crippen molar-refractivity contribution < 1.29 is 0 Å². The van der Waals surface area contributed by atoms with E-state index in [9.17, 15) is 0 Å². The molecule has 2 atom stereocenters. The second-order valence-corrected chi connectivity index (χ2v) is 4.86. The summed E-state index contributed by atoms with van der Waals surface area (Å²) in [6, 6.07) is 0. The highest BCUT2D eigenvalue weighted by atomic mass is 14.5. The lowest BCUT2D eigenvalue weighted by molar-refractivity contribution is 0.0813. The van der Waals surface area contributed by atoms with Gasteiger partial charge in [0, 0.05) is 0 Å². The molecule has 1 fully saturated rings. The average Bonchev–Trinajstić information content (AvgIpc) is 2.15. The van der Waals surface area contributed by atoms with E-state index in [1.54, 1.807) is 0 Å². The van der Waals surface area contributed by atoms with Gasteiger partial charge in [-0.3, -0.25) is 0 Å². The highest BCUT2D eigenvalue weighted by molar-refractivity contribution is 5.19. The first-order valence-corrected chi connectivity index (χ1v) is 5.57. The van der Waals surface area contributed by atoms with Crippen LogP contribution in [0.25, 0.3) is 0 Å². The van der Waals surface area contributed by atoms with Crippen LogP contribution in [0, 0.1) is 11.3 Å². The lowest BCUT2D eigenvalue weighted by Crippen LogP contribution is -2.38. The number of rotatable bonds is 0. The van der Waals surface area contributed by atoms with Crippen molar-refractivity contribution in [3.8, 4) is 0 Å². The van der Waals surface area contributed by atoms with Gasteiger partial charge in [-0.2, -0.15) is 0 Å². The second kappa shape index (κ2) is 3.32. The van der Waals surface area contributed by atoms with Crippen molar-refractivity contribution in [1.29, 1.82) is 0 Å². The summed E-state index contributed by atoms with van der Waals surface area (Å²) in [6.07, 6.45) is 12.7. The Hall–Kier alpha value is -0.520. The van der Waals surface area contributed by atoms with Crippen LogP contribution >= 0.6 is 0 Å². The molecule has 0 heterocycles. The molecule has 72 valence electrons. The van der Waals surface area contributed by atoms with Crippen molar-refractivity contribution in [2.75, 3.05) is 0 Å². The standard InChI is InChI=1S/C13H20/c1-11-7-5-3-4-6-8-12-9-10-13(11,12)2/h3,5,12H,1,4,6-10H2,2H3. The summed E-state index contributed by atoms with van der Waals surface area (Å²) < 4.78 is 0. The first-order chi connectivity index (χ1) is 6.23. The summed E-state index contributed by atoms with van der Waals surface area (Å²) in [6.45, 7) is 6.68. The summed E-state index contributed by atoms with van der Waals surface area (Å²) in [5.41, 5.74) is 1.97. The van der Waals surface area contributed by atoms with Crippen LogP contribution in [0.15, 0.2) is 24.3 Å². The highest BCUT2D eigenvalue weighted by Crippen LogP contribution is 2.54. The molecule has 2 aliphatic carbocycles.